The molecule has 0 radical (unpaired) electrons. The number of esters is 1. The molecule has 0 saturated carbocycles. The van der Waals surface area contributed by atoms with Crippen LogP contribution in [0.3, 0.4) is 0 Å². The maximum Gasteiger partial charge on any atom is 0.412 e. The number of anilines is 1. The molecule has 0 fully saturated rings. The Labute approximate surface area is 124 Å². The summed E-state index contributed by atoms with van der Waals surface area (Å²) >= 11 is 4.50. The molecule has 1 aromatic rings. The van der Waals surface area contributed by atoms with Crippen LogP contribution in [0.25, 0.3) is 0 Å². The fraction of sp³-hybridized carbons (Fsp3) is 0.500. The highest BCUT2D eigenvalue weighted by Crippen LogP contribution is 2.32. The van der Waals surface area contributed by atoms with Crippen molar-refractivity contribution in [2.45, 2.75) is 33.3 Å². The second kappa shape index (κ2) is 6.38. The Morgan fingerprint density at radius 2 is 2.05 bits per heavy atom. The highest BCUT2D eigenvalue weighted by Gasteiger charge is 2.21. The Morgan fingerprint density at radius 3 is 2.58 bits per heavy atom. The molecule has 1 aromatic heterocycles. The predicted octanol–water partition coefficient (Wildman–Crippen LogP) is 4.03. The summed E-state index contributed by atoms with van der Waals surface area (Å²) in [6.45, 7) is 7.30. The van der Waals surface area contributed by atoms with E-state index in [0.29, 0.717) is 10.6 Å². The van der Waals surface area contributed by atoms with E-state index < -0.39 is 17.7 Å². The van der Waals surface area contributed by atoms with Gasteiger partial charge in [-0.25, -0.2) is 9.59 Å². The van der Waals surface area contributed by atoms with Crippen LogP contribution >= 0.6 is 27.3 Å². The molecule has 0 aliphatic rings. The van der Waals surface area contributed by atoms with Gasteiger partial charge in [0.2, 0.25) is 0 Å². The molecule has 19 heavy (non-hydrogen) atoms. The first-order valence-corrected chi connectivity index (χ1v) is 7.30. The number of rotatable bonds is 3. The van der Waals surface area contributed by atoms with Crippen LogP contribution < -0.4 is 5.32 Å². The maximum atomic E-state index is 11.7. The quantitative estimate of drug-likeness (QED) is 0.836. The molecule has 106 valence electrons. The molecule has 0 atom stereocenters. The summed E-state index contributed by atoms with van der Waals surface area (Å²) in [7, 11) is 0. The summed E-state index contributed by atoms with van der Waals surface area (Å²) in [4.78, 5) is 23.4. The first-order valence-electron chi connectivity index (χ1n) is 5.69. The van der Waals surface area contributed by atoms with E-state index in [1.807, 2.05) is 0 Å². The Morgan fingerprint density at radius 1 is 1.42 bits per heavy atom. The molecule has 1 heterocycles. The minimum absolute atomic E-state index is 0.276. The van der Waals surface area contributed by atoms with Crippen molar-refractivity contribution in [2.24, 2.45) is 0 Å². The van der Waals surface area contributed by atoms with Gasteiger partial charge in [-0.15, -0.1) is 11.3 Å². The lowest BCUT2D eigenvalue weighted by Crippen LogP contribution is -2.27. The number of halogens is 1. The van der Waals surface area contributed by atoms with Gasteiger partial charge in [0.15, 0.2) is 0 Å². The molecule has 1 amide bonds. The normalized spacial score (nSPS) is 11.0. The maximum absolute atomic E-state index is 11.7. The molecule has 0 bridgehead atoms. The zero-order valence-corrected chi connectivity index (χ0v) is 13.6. The molecule has 0 saturated heterocycles. The third-order valence-corrected chi connectivity index (χ3v) is 3.37. The molecule has 0 aromatic carbocycles. The second-order valence-electron chi connectivity index (χ2n) is 4.64. The lowest BCUT2D eigenvalue weighted by molar-refractivity contribution is 0.0528. The van der Waals surface area contributed by atoms with Crippen LogP contribution in [0.15, 0.2) is 9.85 Å². The van der Waals surface area contributed by atoms with E-state index in [4.69, 9.17) is 9.47 Å². The molecule has 0 aliphatic heterocycles. The fourth-order valence-electron chi connectivity index (χ4n) is 1.21. The number of ether oxygens (including phenoxy) is 2. The van der Waals surface area contributed by atoms with Crippen LogP contribution in [-0.4, -0.2) is 24.3 Å². The van der Waals surface area contributed by atoms with Gasteiger partial charge in [0.1, 0.15) is 10.6 Å². The predicted molar refractivity (Wildman–Crippen MR) is 77.8 cm³/mol. The SMILES string of the molecule is CCOC(=O)c1cc(Br)sc1NC(=O)OC(C)(C)C. The lowest BCUT2D eigenvalue weighted by atomic mass is 10.2. The summed E-state index contributed by atoms with van der Waals surface area (Å²) in [5.74, 6) is -0.476. The van der Waals surface area contributed by atoms with E-state index >= 15 is 0 Å². The third kappa shape index (κ3) is 5.20. The Balaban J connectivity index is 2.83. The van der Waals surface area contributed by atoms with Crippen LogP contribution in [0.2, 0.25) is 0 Å². The first-order chi connectivity index (χ1) is 8.73. The minimum Gasteiger partial charge on any atom is -0.462 e. The van der Waals surface area contributed by atoms with E-state index in [1.165, 1.54) is 11.3 Å². The highest BCUT2D eigenvalue weighted by atomic mass is 79.9. The van der Waals surface area contributed by atoms with Crippen molar-refractivity contribution in [3.63, 3.8) is 0 Å². The number of carbonyl (C=O) groups is 2. The Hall–Kier alpha value is -1.08. The number of amides is 1. The minimum atomic E-state index is -0.604. The number of carbonyl (C=O) groups excluding carboxylic acids is 2. The summed E-state index contributed by atoms with van der Waals surface area (Å²) in [5, 5.41) is 2.96. The zero-order chi connectivity index (χ0) is 14.6. The van der Waals surface area contributed by atoms with Gasteiger partial charge in [-0.2, -0.15) is 0 Å². The molecule has 1 N–H and O–H groups in total. The monoisotopic (exact) mass is 349 g/mol. The average Bonchev–Trinajstić information content (AvgIpc) is 2.56. The van der Waals surface area contributed by atoms with Crippen molar-refractivity contribution in [3.8, 4) is 0 Å². The lowest BCUT2D eigenvalue weighted by Gasteiger charge is -2.19. The van der Waals surface area contributed by atoms with E-state index in [9.17, 15) is 9.59 Å². The number of nitrogens with one attached hydrogen (secondary N) is 1. The van der Waals surface area contributed by atoms with Crippen LogP contribution in [0, 0.1) is 0 Å². The van der Waals surface area contributed by atoms with Gasteiger partial charge in [-0.3, -0.25) is 5.32 Å². The summed E-state index contributed by atoms with van der Waals surface area (Å²) in [5.41, 5.74) is -0.285. The van der Waals surface area contributed by atoms with Gasteiger partial charge in [0, 0.05) is 0 Å². The first kappa shape index (κ1) is 16.0. The number of hydrogen-bond donors (Lipinski definition) is 1. The van der Waals surface area contributed by atoms with Crippen molar-refractivity contribution < 1.29 is 19.1 Å². The molecule has 5 nitrogen and oxygen atoms in total. The van der Waals surface area contributed by atoms with E-state index in [-0.39, 0.29) is 6.61 Å². The molecule has 0 spiro atoms. The van der Waals surface area contributed by atoms with Gasteiger partial charge in [0.05, 0.1) is 16.0 Å². The topological polar surface area (TPSA) is 64.6 Å². The smallest absolute Gasteiger partial charge is 0.412 e. The van der Waals surface area contributed by atoms with E-state index in [0.717, 1.165) is 3.79 Å². The van der Waals surface area contributed by atoms with Crippen molar-refractivity contribution in [1.29, 1.82) is 0 Å². The van der Waals surface area contributed by atoms with Crippen LogP contribution in [0.1, 0.15) is 38.1 Å². The summed E-state index contributed by atoms with van der Waals surface area (Å²) in [6, 6.07) is 1.61. The molecular weight excluding hydrogens is 334 g/mol. The zero-order valence-electron chi connectivity index (χ0n) is 11.2. The van der Waals surface area contributed by atoms with Crippen LogP contribution in [0.5, 0.6) is 0 Å². The van der Waals surface area contributed by atoms with Gasteiger partial charge >= 0.3 is 12.1 Å². The number of thiophene rings is 1. The average molecular weight is 350 g/mol. The molecule has 0 aliphatic carbocycles. The van der Waals surface area contributed by atoms with Crippen molar-refractivity contribution >= 4 is 44.3 Å². The van der Waals surface area contributed by atoms with Crippen molar-refractivity contribution in [1.82, 2.24) is 0 Å². The van der Waals surface area contributed by atoms with Gasteiger partial charge in [-0.05, 0) is 49.7 Å². The summed E-state index contributed by atoms with van der Waals surface area (Å²) in [6.07, 6.45) is -0.604. The van der Waals surface area contributed by atoms with Crippen LogP contribution in [-0.2, 0) is 9.47 Å². The van der Waals surface area contributed by atoms with Crippen molar-refractivity contribution in [3.05, 3.63) is 15.4 Å². The third-order valence-electron chi connectivity index (χ3n) is 1.81. The van der Waals surface area contributed by atoms with Gasteiger partial charge in [0.25, 0.3) is 0 Å². The standard InChI is InChI=1S/C12H16BrNO4S/c1-5-17-10(15)7-6-8(13)19-9(7)14-11(16)18-12(2,3)4/h6H,5H2,1-4H3,(H,14,16). The fourth-order valence-corrected chi connectivity index (χ4v) is 2.68. The molecular formula is C12H16BrNO4S. The van der Waals surface area contributed by atoms with Gasteiger partial charge < -0.3 is 9.47 Å². The van der Waals surface area contributed by atoms with E-state index in [1.54, 1.807) is 33.8 Å². The molecule has 7 heteroatoms. The molecule has 1 rings (SSSR count). The molecule has 0 unspecified atom stereocenters. The largest absolute Gasteiger partial charge is 0.462 e. The highest BCUT2D eigenvalue weighted by molar-refractivity contribution is 9.11. The van der Waals surface area contributed by atoms with E-state index in [2.05, 4.69) is 21.2 Å². The second-order valence-corrected chi connectivity index (χ2v) is 7.07. The Bertz CT molecular complexity index is 479. The van der Waals surface area contributed by atoms with Crippen molar-refractivity contribution in [2.75, 3.05) is 11.9 Å². The summed E-state index contributed by atoms with van der Waals surface area (Å²) < 4.78 is 10.8. The number of hydrogen-bond acceptors (Lipinski definition) is 5. The van der Waals surface area contributed by atoms with Crippen LogP contribution in [0.4, 0.5) is 9.80 Å². The Kier molecular flexibility index (Phi) is 5.37. The van der Waals surface area contributed by atoms with Gasteiger partial charge in [-0.1, -0.05) is 0 Å².